The predicted molar refractivity (Wildman–Crippen MR) is 141 cm³/mol. The van der Waals surface area contributed by atoms with Gasteiger partial charge in [0, 0.05) is 57.2 Å². The third kappa shape index (κ3) is 7.01. The molecule has 7 nitrogen and oxygen atoms in total. The average molecular weight is 557 g/mol. The van der Waals surface area contributed by atoms with Crippen LogP contribution in [0.2, 0.25) is 0 Å². The molecule has 3 aliphatic rings. The molecule has 0 aromatic carbocycles. The zero-order chi connectivity index (χ0) is 21.4. The van der Waals surface area contributed by atoms with E-state index in [0.717, 1.165) is 83.3 Å². The van der Waals surface area contributed by atoms with Gasteiger partial charge in [0.2, 0.25) is 0 Å². The van der Waals surface area contributed by atoms with Gasteiger partial charge >= 0.3 is 0 Å². The minimum Gasteiger partial charge on any atom is -0.381 e. The summed E-state index contributed by atoms with van der Waals surface area (Å²) in [4.78, 5) is 14.8. The zero-order valence-corrected chi connectivity index (χ0v) is 21.9. The quantitative estimate of drug-likeness (QED) is 0.306. The van der Waals surface area contributed by atoms with Gasteiger partial charge in [-0.1, -0.05) is 6.07 Å². The topological polar surface area (TPSA) is 65.0 Å². The SMILES string of the molecule is CCNC(=NCC1(N2CCCC2)CCOCC1)NC1CCN(Cc2ccccn2)CC1.I. The van der Waals surface area contributed by atoms with Gasteiger partial charge in [0.05, 0.1) is 12.2 Å². The maximum absolute atomic E-state index is 5.70. The number of pyridine rings is 1. The highest BCUT2D eigenvalue weighted by atomic mass is 127. The predicted octanol–water partition coefficient (Wildman–Crippen LogP) is 2.86. The number of halogens is 1. The molecule has 32 heavy (non-hydrogen) atoms. The minimum absolute atomic E-state index is 0. The van der Waals surface area contributed by atoms with Crippen LogP contribution in [-0.4, -0.2) is 84.8 Å². The molecule has 8 heteroatoms. The van der Waals surface area contributed by atoms with Crippen molar-refractivity contribution in [2.45, 2.75) is 63.6 Å². The van der Waals surface area contributed by atoms with Gasteiger partial charge in [0.1, 0.15) is 0 Å². The van der Waals surface area contributed by atoms with Gasteiger partial charge < -0.3 is 15.4 Å². The Morgan fingerprint density at radius 2 is 1.91 bits per heavy atom. The molecule has 0 radical (unpaired) electrons. The number of aromatic nitrogens is 1. The highest BCUT2D eigenvalue weighted by Crippen LogP contribution is 2.31. The third-order valence-corrected chi connectivity index (χ3v) is 7.12. The van der Waals surface area contributed by atoms with Crippen LogP contribution in [-0.2, 0) is 11.3 Å². The van der Waals surface area contributed by atoms with E-state index >= 15 is 0 Å². The average Bonchev–Trinajstić information content (AvgIpc) is 3.36. The Morgan fingerprint density at radius 1 is 1.16 bits per heavy atom. The van der Waals surface area contributed by atoms with Gasteiger partial charge in [0.25, 0.3) is 0 Å². The molecule has 180 valence electrons. The summed E-state index contributed by atoms with van der Waals surface area (Å²) < 4.78 is 5.70. The molecule has 4 rings (SSSR count). The number of nitrogens with zero attached hydrogens (tertiary/aromatic N) is 4. The monoisotopic (exact) mass is 556 g/mol. The van der Waals surface area contributed by atoms with Crippen molar-refractivity contribution in [2.75, 3.05) is 52.5 Å². The van der Waals surface area contributed by atoms with Crippen LogP contribution in [0.5, 0.6) is 0 Å². The van der Waals surface area contributed by atoms with Crippen molar-refractivity contribution in [1.82, 2.24) is 25.4 Å². The Labute approximate surface area is 210 Å². The van der Waals surface area contributed by atoms with Gasteiger partial charge in [-0.2, -0.15) is 0 Å². The van der Waals surface area contributed by atoms with Gasteiger partial charge in [-0.25, -0.2) is 0 Å². The van der Waals surface area contributed by atoms with Gasteiger partial charge in [-0.3, -0.25) is 19.8 Å². The van der Waals surface area contributed by atoms with E-state index in [2.05, 4.69) is 44.5 Å². The molecular formula is C24H41IN6O. The van der Waals surface area contributed by atoms with Crippen molar-refractivity contribution in [2.24, 2.45) is 4.99 Å². The molecule has 2 N–H and O–H groups in total. The smallest absolute Gasteiger partial charge is 0.191 e. The highest BCUT2D eigenvalue weighted by Gasteiger charge is 2.39. The maximum atomic E-state index is 5.70. The molecule has 0 amide bonds. The van der Waals surface area contributed by atoms with Crippen LogP contribution in [0.4, 0.5) is 0 Å². The van der Waals surface area contributed by atoms with E-state index in [1.807, 2.05) is 12.3 Å². The second kappa shape index (κ2) is 13.1. The summed E-state index contributed by atoms with van der Waals surface area (Å²) in [5.41, 5.74) is 1.34. The van der Waals surface area contributed by atoms with Crippen LogP contribution in [0.15, 0.2) is 29.4 Å². The molecule has 3 aliphatic heterocycles. The summed E-state index contributed by atoms with van der Waals surface area (Å²) in [7, 11) is 0. The zero-order valence-electron chi connectivity index (χ0n) is 19.6. The first-order valence-electron chi connectivity index (χ1n) is 12.3. The number of likely N-dealkylation sites (tertiary alicyclic amines) is 2. The van der Waals surface area contributed by atoms with Crippen molar-refractivity contribution in [3.8, 4) is 0 Å². The van der Waals surface area contributed by atoms with E-state index in [9.17, 15) is 0 Å². The van der Waals surface area contributed by atoms with Crippen LogP contribution in [0.25, 0.3) is 0 Å². The lowest BCUT2D eigenvalue weighted by Crippen LogP contribution is -2.54. The number of hydrogen-bond donors (Lipinski definition) is 2. The van der Waals surface area contributed by atoms with Crippen molar-refractivity contribution in [1.29, 1.82) is 0 Å². The first-order valence-corrected chi connectivity index (χ1v) is 12.3. The molecule has 0 atom stereocenters. The maximum Gasteiger partial charge on any atom is 0.191 e. The summed E-state index contributed by atoms with van der Waals surface area (Å²) in [6.45, 7) is 11.2. The largest absolute Gasteiger partial charge is 0.381 e. The third-order valence-electron chi connectivity index (χ3n) is 7.12. The fourth-order valence-electron chi connectivity index (χ4n) is 5.21. The number of rotatable bonds is 7. The number of guanidine groups is 1. The van der Waals surface area contributed by atoms with Crippen LogP contribution in [0.1, 0.15) is 51.1 Å². The Hall–Kier alpha value is -0.970. The lowest BCUT2D eigenvalue weighted by molar-refractivity contribution is -0.0139. The molecule has 4 heterocycles. The Balaban J connectivity index is 0.00000289. The van der Waals surface area contributed by atoms with Crippen LogP contribution in [0, 0.1) is 0 Å². The van der Waals surface area contributed by atoms with Crippen molar-refractivity contribution >= 4 is 29.9 Å². The minimum atomic E-state index is 0. The molecule has 0 unspecified atom stereocenters. The molecule has 1 aromatic heterocycles. The Kier molecular flexibility index (Phi) is 10.5. The van der Waals surface area contributed by atoms with Gasteiger partial charge in [0.15, 0.2) is 5.96 Å². The fraction of sp³-hybridized carbons (Fsp3) is 0.750. The van der Waals surface area contributed by atoms with Crippen molar-refractivity contribution in [3.05, 3.63) is 30.1 Å². The molecule has 0 spiro atoms. The van der Waals surface area contributed by atoms with E-state index in [1.165, 1.54) is 25.9 Å². The van der Waals surface area contributed by atoms with E-state index in [4.69, 9.17) is 9.73 Å². The second-order valence-electron chi connectivity index (χ2n) is 9.24. The number of hydrogen-bond acceptors (Lipinski definition) is 5. The standard InChI is InChI=1S/C24H40N6O.HI/c1-2-25-23(27-20-24(10-17-31-18-11-24)30-13-5-6-14-30)28-21-8-15-29(16-9-21)19-22-7-3-4-12-26-22;/h3-4,7,12,21H,2,5-6,8-11,13-20H2,1H3,(H2,25,27,28);1H. The van der Waals surface area contributed by atoms with Gasteiger partial charge in [-0.15, -0.1) is 24.0 Å². The van der Waals surface area contributed by atoms with Crippen LogP contribution < -0.4 is 10.6 Å². The first-order chi connectivity index (χ1) is 15.3. The number of ether oxygens (including phenoxy) is 1. The summed E-state index contributed by atoms with van der Waals surface area (Å²) in [6, 6.07) is 6.65. The summed E-state index contributed by atoms with van der Waals surface area (Å²) in [5.74, 6) is 0.982. The van der Waals surface area contributed by atoms with Crippen molar-refractivity contribution in [3.63, 3.8) is 0 Å². The fourth-order valence-corrected chi connectivity index (χ4v) is 5.21. The van der Waals surface area contributed by atoms with E-state index in [0.29, 0.717) is 6.04 Å². The number of aliphatic imine (C=N–C) groups is 1. The van der Waals surface area contributed by atoms with Crippen LogP contribution >= 0.6 is 24.0 Å². The molecule has 1 aromatic rings. The normalized spacial score (nSPS) is 23.0. The lowest BCUT2D eigenvalue weighted by Gasteiger charge is -2.43. The molecule has 3 saturated heterocycles. The number of nitrogens with one attached hydrogen (secondary N) is 2. The molecular weight excluding hydrogens is 515 g/mol. The van der Waals surface area contributed by atoms with Gasteiger partial charge in [-0.05, 0) is 70.7 Å². The Bertz CT molecular complexity index is 683. The number of piperidine rings is 1. The molecule has 0 aliphatic carbocycles. The molecule has 3 fully saturated rings. The van der Waals surface area contributed by atoms with E-state index < -0.39 is 0 Å². The summed E-state index contributed by atoms with van der Waals surface area (Å²) in [5, 5.41) is 7.23. The highest BCUT2D eigenvalue weighted by molar-refractivity contribution is 14.0. The molecule has 0 bridgehead atoms. The first kappa shape index (κ1) is 25.6. The molecule has 0 saturated carbocycles. The van der Waals surface area contributed by atoms with Crippen LogP contribution in [0.3, 0.4) is 0 Å². The van der Waals surface area contributed by atoms with E-state index in [-0.39, 0.29) is 29.5 Å². The van der Waals surface area contributed by atoms with Crippen molar-refractivity contribution < 1.29 is 4.74 Å². The lowest BCUT2D eigenvalue weighted by atomic mass is 9.88. The second-order valence-corrected chi connectivity index (χ2v) is 9.24. The summed E-state index contributed by atoms with van der Waals surface area (Å²) in [6.07, 6.45) is 9.01. The Morgan fingerprint density at radius 3 is 2.56 bits per heavy atom. The van der Waals surface area contributed by atoms with E-state index in [1.54, 1.807) is 0 Å². The summed E-state index contributed by atoms with van der Waals surface area (Å²) >= 11 is 0.